The van der Waals surface area contributed by atoms with Crippen LogP contribution in [0.25, 0.3) is 0 Å². The highest BCUT2D eigenvalue weighted by atomic mass is 79.9. The van der Waals surface area contributed by atoms with Crippen LogP contribution in [-0.2, 0) is 0 Å². The molecule has 2 heterocycles. The third-order valence-corrected chi connectivity index (χ3v) is 3.83. The molecule has 20 heavy (non-hydrogen) atoms. The van der Waals surface area contributed by atoms with Gasteiger partial charge in [-0.05, 0) is 39.5 Å². The first-order valence-corrected chi connectivity index (χ1v) is 7.21. The Morgan fingerprint density at radius 2 is 2.15 bits per heavy atom. The van der Waals surface area contributed by atoms with E-state index in [9.17, 15) is 4.79 Å². The smallest absolute Gasteiger partial charge is 0.291 e. The van der Waals surface area contributed by atoms with E-state index in [-0.39, 0.29) is 17.9 Å². The van der Waals surface area contributed by atoms with Gasteiger partial charge >= 0.3 is 0 Å². The van der Waals surface area contributed by atoms with Crippen molar-refractivity contribution in [3.63, 3.8) is 0 Å². The lowest BCUT2D eigenvalue weighted by molar-refractivity contribution is 0.0653. The van der Waals surface area contributed by atoms with Crippen molar-refractivity contribution in [1.29, 1.82) is 0 Å². The van der Waals surface area contributed by atoms with E-state index in [0.29, 0.717) is 10.2 Å². The number of pyridine rings is 1. The van der Waals surface area contributed by atoms with E-state index in [1.165, 1.54) is 6.26 Å². The minimum atomic E-state index is -0.149. The van der Waals surface area contributed by atoms with Crippen LogP contribution < -0.4 is 0 Å². The third-order valence-electron chi connectivity index (χ3n) is 3.21. The van der Waals surface area contributed by atoms with Crippen LogP contribution in [0.15, 0.2) is 45.7 Å². The molecule has 2 aromatic heterocycles. The van der Waals surface area contributed by atoms with Gasteiger partial charge in [-0.1, -0.05) is 19.9 Å². The summed E-state index contributed by atoms with van der Waals surface area (Å²) in [6.45, 7) is 4.16. The molecule has 0 saturated carbocycles. The van der Waals surface area contributed by atoms with Crippen LogP contribution in [0.4, 0.5) is 0 Å². The number of hydrogen-bond donors (Lipinski definition) is 0. The zero-order valence-corrected chi connectivity index (χ0v) is 13.3. The predicted molar refractivity (Wildman–Crippen MR) is 80.3 cm³/mol. The number of halogens is 1. The quantitative estimate of drug-likeness (QED) is 0.850. The van der Waals surface area contributed by atoms with Crippen LogP contribution in [0.3, 0.4) is 0 Å². The summed E-state index contributed by atoms with van der Waals surface area (Å²) in [5.41, 5.74) is 1.01. The fourth-order valence-electron chi connectivity index (χ4n) is 2.34. The lowest BCUT2D eigenvalue weighted by Crippen LogP contribution is -2.34. The molecule has 0 bridgehead atoms. The zero-order valence-electron chi connectivity index (χ0n) is 11.7. The van der Waals surface area contributed by atoms with Crippen molar-refractivity contribution >= 4 is 21.8 Å². The molecular weight excluding hydrogens is 320 g/mol. The Morgan fingerprint density at radius 1 is 1.40 bits per heavy atom. The minimum Gasteiger partial charge on any atom is -0.458 e. The molecule has 106 valence electrons. The Bertz CT molecular complexity index is 581. The van der Waals surface area contributed by atoms with Gasteiger partial charge in [-0.15, -0.1) is 0 Å². The second kappa shape index (κ2) is 6.22. The Kier molecular flexibility index (Phi) is 4.60. The molecule has 0 aliphatic carbocycles. The fourth-order valence-corrected chi connectivity index (χ4v) is 2.71. The number of furan rings is 1. The molecule has 2 rings (SSSR count). The molecule has 0 N–H and O–H groups in total. The van der Waals surface area contributed by atoms with Gasteiger partial charge in [0.05, 0.1) is 16.8 Å². The van der Waals surface area contributed by atoms with Gasteiger partial charge in [0.2, 0.25) is 5.76 Å². The molecule has 2 aromatic rings. The average molecular weight is 337 g/mol. The normalized spacial score (nSPS) is 12.4. The molecule has 0 unspecified atom stereocenters. The number of amides is 1. The zero-order chi connectivity index (χ0) is 14.7. The van der Waals surface area contributed by atoms with Crippen molar-refractivity contribution < 1.29 is 9.21 Å². The minimum absolute atomic E-state index is 0.0480. The standard InChI is InChI=1S/C15H17BrN2O2/c1-10(2)13(11-5-4-7-17-9-11)18(3)15(19)14-12(16)6-8-20-14/h4-10,13H,1-3H3/t13-/m0/s1. The second-order valence-corrected chi connectivity index (χ2v) is 5.84. The van der Waals surface area contributed by atoms with Crippen LogP contribution in [0.1, 0.15) is 36.0 Å². The van der Waals surface area contributed by atoms with Gasteiger partial charge in [0.1, 0.15) is 0 Å². The lowest BCUT2D eigenvalue weighted by atomic mass is 9.96. The number of carbonyl (C=O) groups excluding carboxylic acids is 1. The molecular formula is C15H17BrN2O2. The summed E-state index contributed by atoms with van der Waals surface area (Å²) in [5.74, 6) is 0.438. The van der Waals surface area contributed by atoms with E-state index in [2.05, 4.69) is 34.8 Å². The molecule has 0 radical (unpaired) electrons. The van der Waals surface area contributed by atoms with Gasteiger partial charge in [0.15, 0.2) is 0 Å². The monoisotopic (exact) mass is 336 g/mol. The largest absolute Gasteiger partial charge is 0.458 e. The lowest BCUT2D eigenvalue weighted by Gasteiger charge is -2.31. The Hall–Kier alpha value is -1.62. The first kappa shape index (κ1) is 14.8. The first-order chi connectivity index (χ1) is 9.52. The van der Waals surface area contributed by atoms with Crippen LogP contribution >= 0.6 is 15.9 Å². The molecule has 1 amide bonds. The van der Waals surface area contributed by atoms with Crippen molar-refractivity contribution in [3.8, 4) is 0 Å². The first-order valence-electron chi connectivity index (χ1n) is 6.42. The molecule has 0 aromatic carbocycles. The van der Waals surface area contributed by atoms with Crippen LogP contribution in [-0.4, -0.2) is 22.8 Å². The van der Waals surface area contributed by atoms with E-state index in [1.54, 1.807) is 30.4 Å². The third kappa shape index (κ3) is 2.93. The summed E-state index contributed by atoms with van der Waals surface area (Å²) in [5, 5.41) is 0. The summed E-state index contributed by atoms with van der Waals surface area (Å²) in [7, 11) is 1.79. The Morgan fingerprint density at radius 3 is 2.65 bits per heavy atom. The summed E-state index contributed by atoms with van der Waals surface area (Å²) < 4.78 is 5.93. The number of aromatic nitrogens is 1. The second-order valence-electron chi connectivity index (χ2n) is 4.99. The predicted octanol–water partition coefficient (Wildman–Crippen LogP) is 3.91. The van der Waals surface area contributed by atoms with Crippen LogP contribution in [0, 0.1) is 5.92 Å². The van der Waals surface area contributed by atoms with Crippen molar-refractivity contribution in [2.45, 2.75) is 19.9 Å². The van der Waals surface area contributed by atoms with Gasteiger partial charge in [-0.2, -0.15) is 0 Å². The molecule has 0 aliphatic rings. The summed E-state index contributed by atoms with van der Waals surface area (Å²) in [6, 6.07) is 5.54. The van der Waals surface area contributed by atoms with Crippen molar-refractivity contribution in [2.24, 2.45) is 5.92 Å². The van der Waals surface area contributed by atoms with Crippen molar-refractivity contribution in [3.05, 3.63) is 52.7 Å². The molecule has 4 nitrogen and oxygen atoms in total. The van der Waals surface area contributed by atoms with Gasteiger partial charge in [-0.3, -0.25) is 9.78 Å². The van der Waals surface area contributed by atoms with Crippen LogP contribution in [0.5, 0.6) is 0 Å². The van der Waals surface area contributed by atoms with E-state index in [0.717, 1.165) is 5.56 Å². The fraction of sp³-hybridized carbons (Fsp3) is 0.333. The maximum Gasteiger partial charge on any atom is 0.291 e. The average Bonchev–Trinajstić information content (AvgIpc) is 2.85. The SMILES string of the molecule is CC(C)[C@@H](c1cccnc1)N(C)C(=O)c1occc1Br. The highest BCUT2D eigenvalue weighted by molar-refractivity contribution is 9.10. The molecule has 5 heteroatoms. The van der Waals surface area contributed by atoms with E-state index >= 15 is 0 Å². The highest BCUT2D eigenvalue weighted by Gasteiger charge is 2.28. The Labute approximate surface area is 126 Å². The van der Waals surface area contributed by atoms with E-state index in [4.69, 9.17) is 4.42 Å². The van der Waals surface area contributed by atoms with Crippen molar-refractivity contribution in [2.75, 3.05) is 7.05 Å². The number of hydrogen-bond acceptors (Lipinski definition) is 3. The van der Waals surface area contributed by atoms with Gasteiger partial charge in [-0.25, -0.2) is 0 Å². The summed E-state index contributed by atoms with van der Waals surface area (Å²) >= 11 is 3.32. The molecule has 0 spiro atoms. The topological polar surface area (TPSA) is 46.3 Å². The Balaban J connectivity index is 2.31. The molecule has 1 atom stereocenters. The maximum atomic E-state index is 12.5. The van der Waals surface area contributed by atoms with Gasteiger partial charge in [0.25, 0.3) is 5.91 Å². The maximum absolute atomic E-state index is 12.5. The molecule has 0 saturated heterocycles. The van der Waals surface area contributed by atoms with Crippen molar-refractivity contribution in [1.82, 2.24) is 9.88 Å². The van der Waals surface area contributed by atoms with Gasteiger partial charge in [0, 0.05) is 19.4 Å². The van der Waals surface area contributed by atoms with E-state index < -0.39 is 0 Å². The number of rotatable bonds is 4. The molecule has 0 aliphatic heterocycles. The van der Waals surface area contributed by atoms with Gasteiger partial charge < -0.3 is 9.32 Å². The van der Waals surface area contributed by atoms with E-state index in [1.807, 2.05) is 12.1 Å². The summed E-state index contributed by atoms with van der Waals surface area (Å²) in [4.78, 5) is 18.4. The van der Waals surface area contributed by atoms with Crippen LogP contribution in [0.2, 0.25) is 0 Å². The molecule has 0 fully saturated rings. The number of nitrogens with zero attached hydrogens (tertiary/aromatic N) is 2. The highest BCUT2D eigenvalue weighted by Crippen LogP contribution is 2.29. The summed E-state index contributed by atoms with van der Waals surface area (Å²) in [6.07, 6.45) is 5.02. The number of carbonyl (C=O) groups is 1.